The van der Waals surface area contributed by atoms with E-state index in [0.29, 0.717) is 0 Å². The van der Waals surface area contributed by atoms with Crippen LogP contribution in [0.4, 0.5) is 5.69 Å². The first-order chi connectivity index (χ1) is 8.96. The van der Waals surface area contributed by atoms with Crippen molar-refractivity contribution in [2.45, 2.75) is 26.3 Å². The fourth-order valence-corrected chi connectivity index (χ4v) is 2.61. The van der Waals surface area contributed by atoms with Crippen LogP contribution in [0, 0.1) is 0 Å². The van der Waals surface area contributed by atoms with Crippen LogP contribution in [-0.2, 0) is 0 Å². The maximum Gasteiger partial charge on any atom is 0.169 e. The van der Waals surface area contributed by atoms with Gasteiger partial charge in [-0.05, 0) is 45.1 Å². The molecule has 5 heteroatoms. The first kappa shape index (κ1) is 14.1. The quantitative estimate of drug-likeness (QED) is 0.793. The van der Waals surface area contributed by atoms with Gasteiger partial charge in [0.15, 0.2) is 5.11 Å². The number of hydrogen-bond donors (Lipinski definition) is 1. The Hall–Kier alpha value is -1.36. The van der Waals surface area contributed by atoms with Crippen molar-refractivity contribution in [1.82, 2.24) is 15.2 Å². The summed E-state index contributed by atoms with van der Waals surface area (Å²) in [7, 11) is 0. The lowest BCUT2D eigenvalue weighted by Crippen LogP contribution is -2.55. The number of nitrogens with one attached hydrogen (secondary N) is 1. The van der Waals surface area contributed by atoms with Crippen molar-refractivity contribution < 1.29 is 0 Å². The molecule has 1 N–H and O–H groups in total. The molecule has 1 aromatic rings. The lowest BCUT2D eigenvalue weighted by atomic mass is 10.1. The molecular weight excluding hydrogens is 256 g/mol. The van der Waals surface area contributed by atoms with Crippen molar-refractivity contribution in [3.8, 4) is 0 Å². The fraction of sp³-hybridized carbons (Fsp3) is 0.571. The summed E-state index contributed by atoms with van der Waals surface area (Å²) in [4.78, 5) is 8.68. The number of anilines is 1. The van der Waals surface area contributed by atoms with Crippen molar-refractivity contribution in [1.29, 1.82) is 0 Å². The smallest absolute Gasteiger partial charge is 0.169 e. The maximum atomic E-state index is 5.46. The van der Waals surface area contributed by atoms with E-state index in [0.717, 1.165) is 31.3 Å². The van der Waals surface area contributed by atoms with Crippen molar-refractivity contribution in [2.75, 3.05) is 31.1 Å². The van der Waals surface area contributed by atoms with Crippen LogP contribution in [-0.4, -0.2) is 46.7 Å². The molecule has 1 aliphatic heterocycles. The predicted molar refractivity (Wildman–Crippen MR) is 83.5 cm³/mol. The van der Waals surface area contributed by atoms with Crippen molar-refractivity contribution >= 4 is 23.0 Å². The minimum absolute atomic E-state index is 0.0271. The molecule has 104 valence electrons. The summed E-state index contributed by atoms with van der Waals surface area (Å²) in [5.74, 6) is 0. The minimum atomic E-state index is 0.0271. The first-order valence-corrected chi connectivity index (χ1v) is 7.08. The van der Waals surface area contributed by atoms with Crippen LogP contribution in [0.3, 0.4) is 0 Å². The molecular formula is C14H22N4S. The number of pyridine rings is 1. The normalized spacial score (nSPS) is 16.4. The van der Waals surface area contributed by atoms with Crippen LogP contribution in [0.1, 0.15) is 20.8 Å². The van der Waals surface area contributed by atoms with Gasteiger partial charge in [-0.3, -0.25) is 4.98 Å². The Labute approximate surface area is 120 Å². The molecule has 0 spiro atoms. The first-order valence-electron chi connectivity index (χ1n) is 6.68. The highest BCUT2D eigenvalue weighted by Gasteiger charge is 2.21. The van der Waals surface area contributed by atoms with Crippen molar-refractivity contribution in [3.05, 3.63) is 24.5 Å². The zero-order chi connectivity index (χ0) is 13.9. The lowest BCUT2D eigenvalue weighted by molar-refractivity contribution is 0.363. The number of hydrogen-bond acceptors (Lipinski definition) is 3. The van der Waals surface area contributed by atoms with E-state index in [9.17, 15) is 0 Å². The van der Waals surface area contributed by atoms with Crippen LogP contribution < -0.4 is 10.2 Å². The second kappa shape index (κ2) is 5.74. The van der Waals surface area contributed by atoms with E-state index in [1.807, 2.05) is 12.4 Å². The Morgan fingerprint density at radius 3 is 2.26 bits per heavy atom. The summed E-state index contributed by atoms with van der Waals surface area (Å²) in [5.41, 5.74) is 1.27. The molecule has 1 saturated heterocycles. The molecule has 0 saturated carbocycles. The highest BCUT2D eigenvalue weighted by Crippen LogP contribution is 2.15. The lowest BCUT2D eigenvalue weighted by Gasteiger charge is -2.39. The molecule has 0 unspecified atom stereocenters. The van der Waals surface area contributed by atoms with E-state index < -0.39 is 0 Å². The molecule has 19 heavy (non-hydrogen) atoms. The van der Waals surface area contributed by atoms with Crippen LogP contribution >= 0.6 is 12.2 Å². The molecule has 0 aliphatic carbocycles. The van der Waals surface area contributed by atoms with E-state index in [1.165, 1.54) is 5.69 Å². The van der Waals surface area contributed by atoms with Gasteiger partial charge < -0.3 is 15.1 Å². The molecule has 0 bridgehead atoms. The monoisotopic (exact) mass is 278 g/mol. The SMILES string of the molecule is CC(C)(C)NC(=S)N1CCN(c2ccncc2)CC1. The molecule has 0 amide bonds. The number of piperazine rings is 1. The third-order valence-corrected chi connectivity index (χ3v) is 3.44. The summed E-state index contributed by atoms with van der Waals surface area (Å²) >= 11 is 5.46. The van der Waals surface area contributed by atoms with E-state index in [1.54, 1.807) is 0 Å². The fourth-order valence-electron chi connectivity index (χ4n) is 2.12. The maximum absolute atomic E-state index is 5.46. The van der Waals surface area contributed by atoms with Gasteiger partial charge >= 0.3 is 0 Å². The summed E-state index contributed by atoms with van der Waals surface area (Å²) < 4.78 is 0. The third kappa shape index (κ3) is 4.06. The average Bonchev–Trinajstić information content (AvgIpc) is 2.38. The zero-order valence-electron chi connectivity index (χ0n) is 11.9. The van der Waals surface area contributed by atoms with E-state index in [2.05, 4.69) is 53.0 Å². The molecule has 2 rings (SSSR count). The summed E-state index contributed by atoms with van der Waals surface area (Å²) in [6.07, 6.45) is 3.68. The Morgan fingerprint density at radius 1 is 1.16 bits per heavy atom. The summed E-state index contributed by atoms with van der Waals surface area (Å²) in [6.45, 7) is 10.3. The average molecular weight is 278 g/mol. The van der Waals surface area contributed by atoms with Gasteiger partial charge in [0, 0.05) is 49.8 Å². The van der Waals surface area contributed by atoms with Crippen molar-refractivity contribution in [2.24, 2.45) is 0 Å². The number of rotatable bonds is 1. The molecule has 1 aromatic heterocycles. The van der Waals surface area contributed by atoms with Gasteiger partial charge in [0.05, 0.1) is 0 Å². The molecule has 4 nitrogen and oxygen atoms in total. The Bertz CT molecular complexity index is 419. The number of thiocarbonyl (C=S) groups is 1. The Morgan fingerprint density at radius 2 is 1.74 bits per heavy atom. The van der Waals surface area contributed by atoms with Crippen molar-refractivity contribution in [3.63, 3.8) is 0 Å². The van der Waals surface area contributed by atoms with Gasteiger partial charge in [0.1, 0.15) is 0 Å². The van der Waals surface area contributed by atoms with Gasteiger partial charge in [-0.1, -0.05) is 0 Å². The van der Waals surface area contributed by atoms with Gasteiger partial charge in [-0.25, -0.2) is 0 Å². The topological polar surface area (TPSA) is 31.4 Å². The molecule has 2 heterocycles. The summed E-state index contributed by atoms with van der Waals surface area (Å²) in [6, 6.07) is 4.11. The van der Waals surface area contributed by atoms with E-state index in [4.69, 9.17) is 12.2 Å². The second-order valence-electron chi connectivity index (χ2n) is 5.86. The van der Waals surface area contributed by atoms with Gasteiger partial charge in [0.2, 0.25) is 0 Å². The van der Waals surface area contributed by atoms with E-state index in [-0.39, 0.29) is 5.54 Å². The summed E-state index contributed by atoms with van der Waals surface area (Å²) in [5, 5.41) is 4.24. The van der Waals surface area contributed by atoms with Crippen LogP contribution in [0.2, 0.25) is 0 Å². The predicted octanol–water partition coefficient (Wildman–Crippen LogP) is 1.88. The van der Waals surface area contributed by atoms with Gasteiger partial charge in [0.25, 0.3) is 0 Å². The molecule has 0 atom stereocenters. The van der Waals surface area contributed by atoms with Crippen LogP contribution in [0.5, 0.6) is 0 Å². The van der Waals surface area contributed by atoms with Crippen LogP contribution in [0.15, 0.2) is 24.5 Å². The Kier molecular flexibility index (Phi) is 4.24. The standard InChI is InChI=1S/C14H22N4S/c1-14(2,3)16-13(19)18-10-8-17(9-11-18)12-4-6-15-7-5-12/h4-7H,8-11H2,1-3H3,(H,16,19). The van der Waals surface area contributed by atoms with E-state index >= 15 is 0 Å². The highest BCUT2D eigenvalue weighted by molar-refractivity contribution is 7.80. The van der Waals surface area contributed by atoms with Crippen LogP contribution in [0.25, 0.3) is 0 Å². The minimum Gasteiger partial charge on any atom is -0.368 e. The van der Waals surface area contributed by atoms with Gasteiger partial charge in [-0.15, -0.1) is 0 Å². The molecule has 0 aromatic carbocycles. The molecule has 0 radical (unpaired) electrons. The Balaban J connectivity index is 1.88. The largest absolute Gasteiger partial charge is 0.368 e. The molecule has 1 fully saturated rings. The number of aromatic nitrogens is 1. The highest BCUT2D eigenvalue weighted by atomic mass is 32.1. The molecule has 1 aliphatic rings. The number of nitrogens with zero attached hydrogens (tertiary/aromatic N) is 3. The third-order valence-electron chi connectivity index (χ3n) is 3.08. The van der Waals surface area contributed by atoms with Gasteiger partial charge in [-0.2, -0.15) is 0 Å². The second-order valence-corrected chi connectivity index (χ2v) is 6.25. The zero-order valence-corrected chi connectivity index (χ0v) is 12.7.